The van der Waals surface area contributed by atoms with Crippen molar-refractivity contribution in [3.8, 4) is 11.5 Å². The predicted octanol–water partition coefficient (Wildman–Crippen LogP) is 3.01. The van der Waals surface area contributed by atoms with Gasteiger partial charge in [0.15, 0.2) is 0 Å². The average molecular weight is 308 g/mol. The summed E-state index contributed by atoms with van der Waals surface area (Å²) in [5.41, 5.74) is 1.71. The Morgan fingerprint density at radius 3 is 2.70 bits per heavy atom. The Balaban J connectivity index is 1.56. The van der Waals surface area contributed by atoms with E-state index in [-0.39, 0.29) is 12.3 Å². The zero-order valence-corrected chi connectivity index (χ0v) is 12.7. The van der Waals surface area contributed by atoms with E-state index in [2.05, 4.69) is 20.5 Å². The topological polar surface area (TPSA) is 80.9 Å². The molecular weight excluding hydrogens is 292 g/mol. The van der Waals surface area contributed by atoms with Crippen LogP contribution in [0.3, 0.4) is 0 Å². The van der Waals surface area contributed by atoms with Crippen LogP contribution in [0, 0.1) is 6.92 Å². The molecule has 1 aromatic carbocycles. The van der Waals surface area contributed by atoms with Crippen LogP contribution in [0.1, 0.15) is 18.0 Å². The van der Waals surface area contributed by atoms with Crippen LogP contribution in [0.5, 0.6) is 0 Å². The Labute approximate surface area is 133 Å². The Bertz CT molecular complexity index is 799. The third kappa shape index (κ3) is 4.00. The largest absolute Gasteiger partial charge is 0.421 e. The summed E-state index contributed by atoms with van der Waals surface area (Å²) < 4.78 is 5.57. The molecular formula is C17H16N4O2. The zero-order chi connectivity index (χ0) is 16.1. The number of aromatic nitrogens is 3. The maximum absolute atomic E-state index is 11.9. The number of pyridine rings is 1. The highest BCUT2D eigenvalue weighted by atomic mass is 16.4. The van der Waals surface area contributed by atoms with Gasteiger partial charge in [-0.05, 0) is 31.2 Å². The second-order valence-electron chi connectivity index (χ2n) is 5.08. The third-order valence-electron chi connectivity index (χ3n) is 3.21. The van der Waals surface area contributed by atoms with E-state index in [0.29, 0.717) is 24.0 Å². The highest BCUT2D eigenvalue weighted by Gasteiger charge is 2.10. The molecule has 0 fully saturated rings. The van der Waals surface area contributed by atoms with Gasteiger partial charge in [-0.2, -0.15) is 0 Å². The lowest BCUT2D eigenvalue weighted by Gasteiger charge is -2.03. The van der Waals surface area contributed by atoms with Gasteiger partial charge >= 0.3 is 0 Å². The van der Waals surface area contributed by atoms with Gasteiger partial charge in [0.05, 0.1) is 0 Å². The second kappa shape index (κ2) is 6.83. The number of carbonyl (C=O) groups excluding carboxylic acids is 1. The standard InChI is InChI=1S/C17H16N4O2/c1-12-6-5-9-14(18-12)19-15(22)10-11-16-20-21-17(23-16)13-7-3-2-4-8-13/h2-9H,10-11H2,1H3,(H,18,19,22). The summed E-state index contributed by atoms with van der Waals surface area (Å²) in [5.74, 6) is 1.31. The molecule has 2 heterocycles. The van der Waals surface area contributed by atoms with Crippen LogP contribution in [0.15, 0.2) is 52.9 Å². The fourth-order valence-corrected chi connectivity index (χ4v) is 2.09. The first-order valence-electron chi connectivity index (χ1n) is 7.32. The summed E-state index contributed by atoms with van der Waals surface area (Å²) in [4.78, 5) is 16.2. The number of aryl methyl sites for hydroxylation is 2. The molecule has 0 aliphatic heterocycles. The quantitative estimate of drug-likeness (QED) is 0.783. The molecule has 6 nitrogen and oxygen atoms in total. The molecule has 0 saturated carbocycles. The highest BCUT2D eigenvalue weighted by Crippen LogP contribution is 2.17. The first kappa shape index (κ1) is 14.9. The van der Waals surface area contributed by atoms with Gasteiger partial charge in [-0.25, -0.2) is 4.98 Å². The van der Waals surface area contributed by atoms with Crippen molar-refractivity contribution in [3.05, 3.63) is 60.1 Å². The Morgan fingerprint density at radius 1 is 1.09 bits per heavy atom. The Hall–Kier alpha value is -3.02. The lowest BCUT2D eigenvalue weighted by Crippen LogP contribution is -2.13. The van der Waals surface area contributed by atoms with Crippen molar-refractivity contribution in [2.45, 2.75) is 19.8 Å². The van der Waals surface area contributed by atoms with Crippen molar-refractivity contribution in [3.63, 3.8) is 0 Å². The molecule has 0 saturated heterocycles. The van der Waals surface area contributed by atoms with Crippen LogP contribution in [0.4, 0.5) is 5.82 Å². The van der Waals surface area contributed by atoms with Gasteiger partial charge < -0.3 is 9.73 Å². The summed E-state index contributed by atoms with van der Waals surface area (Å²) in [6, 6.07) is 15.0. The van der Waals surface area contributed by atoms with E-state index < -0.39 is 0 Å². The molecule has 0 bridgehead atoms. The van der Waals surface area contributed by atoms with Crippen molar-refractivity contribution in [1.29, 1.82) is 0 Å². The van der Waals surface area contributed by atoms with Crippen LogP contribution in [-0.2, 0) is 11.2 Å². The number of hydrogen-bond acceptors (Lipinski definition) is 5. The molecule has 0 unspecified atom stereocenters. The molecule has 23 heavy (non-hydrogen) atoms. The minimum atomic E-state index is -0.137. The van der Waals surface area contributed by atoms with Crippen molar-refractivity contribution in [2.24, 2.45) is 0 Å². The molecule has 3 aromatic rings. The van der Waals surface area contributed by atoms with E-state index in [0.717, 1.165) is 11.3 Å². The van der Waals surface area contributed by atoms with Crippen LogP contribution in [-0.4, -0.2) is 21.1 Å². The number of carbonyl (C=O) groups is 1. The number of amides is 1. The second-order valence-corrected chi connectivity index (χ2v) is 5.08. The smallest absolute Gasteiger partial charge is 0.247 e. The van der Waals surface area contributed by atoms with Crippen molar-refractivity contribution >= 4 is 11.7 Å². The minimum Gasteiger partial charge on any atom is -0.421 e. The van der Waals surface area contributed by atoms with E-state index in [1.165, 1.54) is 0 Å². The Morgan fingerprint density at radius 2 is 1.91 bits per heavy atom. The zero-order valence-electron chi connectivity index (χ0n) is 12.7. The van der Waals surface area contributed by atoms with Crippen molar-refractivity contribution in [1.82, 2.24) is 15.2 Å². The van der Waals surface area contributed by atoms with E-state index in [1.807, 2.05) is 49.4 Å². The van der Waals surface area contributed by atoms with E-state index in [1.54, 1.807) is 6.07 Å². The first-order chi connectivity index (χ1) is 11.2. The molecule has 0 aliphatic carbocycles. The van der Waals surface area contributed by atoms with Gasteiger partial charge in [-0.1, -0.05) is 24.3 Å². The average Bonchev–Trinajstić information content (AvgIpc) is 3.03. The molecule has 1 amide bonds. The van der Waals surface area contributed by atoms with Gasteiger partial charge in [0, 0.05) is 24.1 Å². The number of anilines is 1. The lowest BCUT2D eigenvalue weighted by atomic mass is 10.2. The van der Waals surface area contributed by atoms with Gasteiger partial charge in [0.1, 0.15) is 5.82 Å². The number of benzene rings is 1. The SMILES string of the molecule is Cc1cccc(NC(=O)CCc2nnc(-c3ccccc3)o2)n1. The highest BCUT2D eigenvalue weighted by molar-refractivity contribution is 5.89. The number of nitrogens with zero attached hydrogens (tertiary/aromatic N) is 3. The number of hydrogen-bond donors (Lipinski definition) is 1. The number of nitrogens with one attached hydrogen (secondary N) is 1. The Kier molecular flexibility index (Phi) is 4.42. The molecule has 0 aliphatic rings. The molecule has 0 radical (unpaired) electrons. The fourth-order valence-electron chi connectivity index (χ4n) is 2.09. The first-order valence-corrected chi connectivity index (χ1v) is 7.32. The van der Waals surface area contributed by atoms with E-state index in [4.69, 9.17) is 4.42 Å². The molecule has 116 valence electrons. The van der Waals surface area contributed by atoms with Gasteiger partial charge in [-0.15, -0.1) is 10.2 Å². The minimum absolute atomic E-state index is 0.137. The van der Waals surface area contributed by atoms with Crippen molar-refractivity contribution in [2.75, 3.05) is 5.32 Å². The fraction of sp³-hybridized carbons (Fsp3) is 0.176. The summed E-state index contributed by atoms with van der Waals surface area (Å²) in [6.45, 7) is 1.87. The van der Waals surface area contributed by atoms with Crippen LogP contribution >= 0.6 is 0 Å². The number of rotatable bonds is 5. The normalized spacial score (nSPS) is 10.5. The van der Waals surface area contributed by atoms with Gasteiger partial charge in [-0.3, -0.25) is 4.79 Å². The van der Waals surface area contributed by atoms with Crippen LogP contribution in [0.2, 0.25) is 0 Å². The predicted molar refractivity (Wildman–Crippen MR) is 85.7 cm³/mol. The molecule has 0 atom stereocenters. The maximum atomic E-state index is 11.9. The summed E-state index contributed by atoms with van der Waals surface area (Å²) >= 11 is 0. The third-order valence-corrected chi connectivity index (χ3v) is 3.21. The lowest BCUT2D eigenvalue weighted by molar-refractivity contribution is -0.116. The van der Waals surface area contributed by atoms with Crippen molar-refractivity contribution < 1.29 is 9.21 Å². The van der Waals surface area contributed by atoms with Gasteiger partial charge in [0.2, 0.25) is 17.7 Å². The van der Waals surface area contributed by atoms with E-state index in [9.17, 15) is 4.79 Å². The molecule has 0 spiro atoms. The van der Waals surface area contributed by atoms with Gasteiger partial charge in [0.25, 0.3) is 0 Å². The van der Waals surface area contributed by atoms with E-state index >= 15 is 0 Å². The maximum Gasteiger partial charge on any atom is 0.247 e. The molecule has 6 heteroatoms. The van der Waals surface area contributed by atoms with Crippen LogP contribution in [0.25, 0.3) is 11.5 Å². The summed E-state index contributed by atoms with van der Waals surface area (Å²) in [5, 5.41) is 10.7. The molecule has 1 N–H and O–H groups in total. The molecule has 2 aromatic heterocycles. The molecule has 3 rings (SSSR count). The summed E-state index contributed by atoms with van der Waals surface area (Å²) in [7, 11) is 0. The van der Waals surface area contributed by atoms with Crippen LogP contribution < -0.4 is 5.32 Å². The summed E-state index contributed by atoms with van der Waals surface area (Å²) in [6.07, 6.45) is 0.642. The monoisotopic (exact) mass is 308 g/mol.